The Labute approximate surface area is 132 Å². The highest BCUT2D eigenvalue weighted by molar-refractivity contribution is 7.98. The van der Waals surface area contributed by atoms with Gasteiger partial charge in [0.2, 0.25) is 5.89 Å². The predicted molar refractivity (Wildman–Crippen MR) is 85.9 cm³/mol. The smallest absolute Gasteiger partial charge is 0.204 e. The van der Waals surface area contributed by atoms with E-state index in [2.05, 4.69) is 35.7 Å². The van der Waals surface area contributed by atoms with E-state index in [9.17, 15) is 0 Å². The molecule has 0 aliphatic heterocycles. The van der Waals surface area contributed by atoms with Crippen LogP contribution in [0.25, 0.3) is 11.0 Å². The average molecular weight is 322 g/mol. The lowest BCUT2D eigenvalue weighted by Gasteiger charge is -2.12. The molecule has 0 aliphatic rings. The van der Waals surface area contributed by atoms with Gasteiger partial charge in [-0.05, 0) is 18.2 Å². The van der Waals surface area contributed by atoms with E-state index in [0.717, 1.165) is 22.0 Å². The molecule has 3 rings (SSSR count). The number of benzene rings is 1. The molecule has 0 bridgehead atoms. The van der Waals surface area contributed by atoms with E-state index in [-0.39, 0.29) is 5.41 Å². The van der Waals surface area contributed by atoms with Crippen LogP contribution < -0.4 is 0 Å². The number of hydrogen-bond acceptors (Lipinski definition) is 4. The van der Waals surface area contributed by atoms with Crippen LogP contribution in [0.4, 0.5) is 0 Å². The van der Waals surface area contributed by atoms with Crippen molar-refractivity contribution in [1.29, 1.82) is 0 Å². The van der Waals surface area contributed by atoms with E-state index in [1.807, 2.05) is 18.2 Å². The Morgan fingerprint density at radius 1 is 1.33 bits per heavy atom. The van der Waals surface area contributed by atoms with Crippen LogP contribution in [0, 0.1) is 0 Å². The molecule has 1 aromatic carbocycles. The fraction of sp³-hybridized carbons (Fsp3) is 0.333. The lowest BCUT2D eigenvalue weighted by atomic mass is 9.94. The topological polar surface area (TPSA) is 54.7 Å². The summed E-state index contributed by atoms with van der Waals surface area (Å²) in [6.45, 7) is 6.31. The third-order valence-electron chi connectivity index (χ3n) is 3.05. The van der Waals surface area contributed by atoms with E-state index in [4.69, 9.17) is 16.0 Å². The number of thioether (sulfide) groups is 1. The lowest BCUT2D eigenvalue weighted by molar-refractivity contribution is 0.390. The van der Waals surface area contributed by atoms with Gasteiger partial charge in [-0.25, -0.2) is 9.97 Å². The summed E-state index contributed by atoms with van der Waals surface area (Å²) in [5.74, 6) is 2.25. The SMILES string of the molecule is CC(C)(C)c1cnc(CSc2nc3ccc(Cl)cc3[nH]2)o1. The Bertz CT molecular complexity index is 773. The minimum atomic E-state index is -0.0218. The van der Waals surface area contributed by atoms with E-state index < -0.39 is 0 Å². The number of imidazole rings is 1. The molecule has 4 nitrogen and oxygen atoms in total. The summed E-state index contributed by atoms with van der Waals surface area (Å²) in [5, 5.41) is 1.54. The summed E-state index contributed by atoms with van der Waals surface area (Å²) in [6.07, 6.45) is 1.80. The Kier molecular flexibility index (Phi) is 3.71. The van der Waals surface area contributed by atoms with Gasteiger partial charge in [-0.2, -0.15) is 0 Å². The van der Waals surface area contributed by atoms with Crippen LogP contribution in [0.5, 0.6) is 0 Å². The van der Waals surface area contributed by atoms with E-state index >= 15 is 0 Å². The van der Waals surface area contributed by atoms with Gasteiger partial charge < -0.3 is 9.40 Å². The number of H-pyrrole nitrogens is 1. The molecule has 3 aromatic rings. The van der Waals surface area contributed by atoms with Gasteiger partial charge in [0.15, 0.2) is 5.16 Å². The van der Waals surface area contributed by atoms with Gasteiger partial charge in [0.1, 0.15) is 5.76 Å². The van der Waals surface area contributed by atoms with Crippen LogP contribution in [0.15, 0.2) is 34.0 Å². The van der Waals surface area contributed by atoms with Crippen molar-refractivity contribution in [2.45, 2.75) is 37.1 Å². The predicted octanol–water partition coefficient (Wildman–Crippen LogP) is 4.79. The summed E-state index contributed by atoms with van der Waals surface area (Å²) in [7, 11) is 0. The molecule has 0 radical (unpaired) electrons. The van der Waals surface area contributed by atoms with Crippen LogP contribution in [0.3, 0.4) is 0 Å². The van der Waals surface area contributed by atoms with Crippen LogP contribution in [-0.2, 0) is 11.2 Å². The summed E-state index contributed by atoms with van der Waals surface area (Å²) < 4.78 is 5.77. The van der Waals surface area contributed by atoms with Gasteiger partial charge >= 0.3 is 0 Å². The molecule has 2 aromatic heterocycles. The van der Waals surface area contributed by atoms with E-state index in [0.29, 0.717) is 16.7 Å². The zero-order chi connectivity index (χ0) is 15.0. The van der Waals surface area contributed by atoms with Crippen LogP contribution in [0.2, 0.25) is 5.02 Å². The number of aromatic nitrogens is 3. The fourth-order valence-electron chi connectivity index (χ4n) is 1.88. The van der Waals surface area contributed by atoms with Gasteiger partial charge in [-0.1, -0.05) is 44.1 Å². The zero-order valence-corrected chi connectivity index (χ0v) is 13.7. The zero-order valence-electron chi connectivity index (χ0n) is 12.1. The first-order valence-corrected chi connectivity index (χ1v) is 8.01. The van der Waals surface area contributed by atoms with E-state index in [1.54, 1.807) is 18.0 Å². The molecule has 0 saturated heterocycles. The third-order valence-corrected chi connectivity index (χ3v) is 4.14. The maximum atomic E-state index is 5.97. The number of halogens is 1. The number of nitrogens with zero attached hydrogens (tertiary/aromatic N) is 2. The molecule has 0 aliphatic carbocycles. The summed E-state index contributed by atoms with van der Waals surface area (Å²) in [5.41, 5.74) is 1.82. The second-order valence-corrected chi connectivity index (χ2v) is 7.26. The van der Waals surface area contributed by atoms with Gasteiger partial charge in [0.05, 0.1) is 23.0 Å². The average Bonchev–Trinajstić information content (AvgIpc) is 3.01. The maximum absolute atomic E-state index is 5.97. The van der Waals surface area contributed by atoms with Gasteiger partial charge in [-0.15, -0.1) is 0 Å². The number of hydrogen-bond donors (Lipinski definition) is 1. The number of aromatic amines is 1. The van der Waals surface area contributed by atoms with Gasteiger partial charge in [-0.3, -0.25) is 0 Å². The van der Waals surface area contributed by atoms with Crippen molar-refractivity contribution < 1.29 is 4.42 Å². The van der Waals surface area contributed by atoms with Crippen LogP contribution in [0.1, 0.15) is 32.4 Å². The Morgan fingerprint density at radius 2 is 2.14 bits per heavy atom. The highest BCUT2D eigenvalue weighted by atomic mass is 35.5. The molecule has 0 amide bonds. The minimum Gasteiger partial charge on any atom is -0.444 e. The lowest BCUT2D eigenvalue weighted by Crippen LogP contribution is -2.09. The second kappa shape index (κ2) is 5.39. The number of rotatable bonds is 3. The normalized spacial score (nSPS) is 12.2. The van der Waals surface area contributed by atoms with E-state index in [1.165, 1.54) is 0 Å². The Morgan fingerprint density at radius 3 is 2.86 bits per heavy atom. The first-order valence-electron chi connectivity index (χ1n) is 6.65. The largest absolute Gasteiger partial charge is 0.444 e. The summed E-state index contributed by atoms with van der Waals surface area (Å²) in [4.78, 5) is 12.1. The minimum absolute atomic E-state index is 0.0218. The highest BCUT2D eigenvalue weighted by Gasteiger charge is 2.19. The highest BCUT2D eigenvalue weighted by Crippen LogP contribution is 2.27. The number of fused-ring (bicyclic) bond motifs is 1. The van der Waals surface area contributed by atoms with Crippen LogP contribution in [-0.4, -0.2) is 15.0 Å². The standard InChI is InChI=1S/C15H16ClN3OS/c1-15(2,3)12-7-17-13(20-12)8-21-14-18-10-5-4-9(16)6-11(10)19-14/h4-7H,8H2,1-3H3,(H,18,19). The van der Waals surface area contributed by atoms with Crippen molar-refractivity contribution >= 4 is 34.4 Å². The molecule has 0 atom stereocenters. The summed E-state index contributed by atoms with van der Waals surface area (Å²) >= 11 is 7.53. The van der Waals surface area contributed by atoms with Crippen molar-refractivity contribution in [2.24, 2.45) is 0 Å². The molecule has 0 saturated carbocycles. The van der Waals surface area contributed by atoms with Crippen molar-refractivity contribution in [3.63, 3.8) is 0 Å². The Balaban J connectivity index is 1.73. The molecule has 21 heavy (non-hydrogen) atoms. The van der Waals surface area contributed by atoms with Crippen molar-refractivity contribution in [3.8, 4) is 0 Å². The molecular formula is C15H16ClN3OS. The molecule has 110 valence electrons. The third kappa shape index (κ3) is 3.24. The molecule has 0 unspecified atom stereocenters. The molecule has 0 spiro atoms. The molecule has 6 heteroatoms. The monoisotopic (exact) mass is 321 g/mol. The van der Waals surface area contributed by atoms with Gasteiger partial charge in [0, 0.05) is 10.4 Å². The fourth-order valence-corrected chi connectivity index (χ4v) is 2.79. The number of oxazole rings is 1. The Hall–Kier alpha value is -1.46. The number of nitrogens with one attached hydrogen (secondary N) is 1. The van der Waals surface area contributed by atoms with Crippen molar-refractivity contribution in [1.82, 2.24) is 15.0 Å². The van der Waals surface area contributed by atoms with Gasteiger partial charge in [0.25, 0.3) is 0 Å². The molecule has 1 N–H and O–H groups in total. The molecule has 0 fully saturated rings. The first-order chi connectivity index (χ1) is 9.91. The van der Waals surface area contributed by atoms with Crippen molar-refractivity contribution in [2.75, 3.05) is 0 Å². The quantitative estimate of drug-likeness (QED) is 0.704. The molecular weight excluding hydrogens is 306 g/mol. The van der Waals surface area contributed by atoms with Crippen LogP contribution >= 0.6 is 23.4 Å². The summed E-state index contributed by atoms with van der Waals surface area (Å²) in [6, 6.07) is 5.61. The molecule has 2 heterocycles. The van der Waals surface area contributed by atoms with Crippen molar-refractivity contribution in [3.05, 3.63) is 41.1 Å². The second-order valence-electron chi connectivity index (χ2n) is 5.86. The first kappa shape index (κ1) is 14.5. The maximum Gasteiger partial charge on any atom is 0.204 e.